The van der Waals surface area contributed by atoms with E-state index in [9.17, 15) is 14.4 Å². The molecule has 0 radical (unpaired) electrons. The number of amides is 2. The predicted octanol–water partition coefficient (Wildman–Crippen LogP) is 5.94. The van der Waals surface area contributed by atoms with Crippen molar-refractivity contribution in [2.24, 2.45) is 5.92 Å². The van der Waals surface area contributed by atoms with Gasteiger partial charge in [-0.1, -0.05) is 29.3 Å². The molecule has 1 atom stereocenters. The summed E-state index contributed by atoms with van der Waals surface area (Å²) in [4.78, 5) is 38.7. The molecule has 186 valence electrons. The van der Waals surface area contributed by atoms with Gasteiger partial charge < -0.3 is 19.7 Å². The van der Waals surface area contributed by atoms with Crippen LogP contribution in [0.2, 0.25) is 10.0 Å². The van der Waals surface area contributed by atoms with Crippen LogP contribution >= 0.6 is 23.2 Å². The summed E-state index contributed by atoms with van der Waals surface area (Å²) in [6.07, 6.45) is 0.00432. The number of esters is 1. The number of carbonyl (C=O) groups is 3. The minimum atomic E-state index is -0.670. The molecule has 3 aromatic carbocycles. The topological polar surface area (TPSA) is 84.9 Å². The lowest BCUT2D eigenvalue weighted by molar-refractivity contribution is -0.151. The highest BCUT2D eigenvalue weighted by molar-refractivity contribution is 6.36. The van der Waals surface area contributed by atoms with E-state index in [1.165, 1.54) is 16.5 Å². The predicted molar refractivity (Wildman–Crippen MR) is 139 cm³/mol. The number of carbonyl (C=O) groups excluding carboxylic acids is 3. The van der Waals surface area contributed by atoms with Gasteiger partial charge in [0.25, 0.3) is 5.91 Å². The van der Waals surface area contributed by atoms with Gasteiger partial charge in [-0.25, -0.2) is 0 Å². The normalized spacial score (nSPS) is 15.1. The first-order chi connectivity index (χ1) is 17.2. The van der Waals surface area contributed by atoms with Crippen LogP contribution in [-0.4, -0.2) is 30.9 Å². The summed E-state index contributed by atoms with van der Waals surface area (Å²) in [5.74, 6) is -0.663. The molecule has 9 heteroatoms. The molecular weight excluding hydrogens is 503 g/mol. The average molecular weight is 527 g/mol. The van der Waals surface area contributed by atoms with Gasteiger partial charge in [-0.3, -0.25) is 14.4 Å². The Labute approximate surface area is 218 Å². The Morgan fingerprint density at radius 1 is 0.972 bits per heavy atom. The van der Waals surface area contributed by atoms with Gasteiger partial charge in [-0.2, -0.15) is 0 Å². The molecule has 0 unspecified atom stereocenters. The van der Waals surface area contributed by atoms with Crippen molar-refractivity contribution >= 4 is 52.4 Å². The van der Waals surface area contributed by atoms with Crippen molar-refractivity contribution in [1.82, 2.24) is 0 Å². The number of hydrogen-bond acceptors (Lipinski definition) is 5. The van der Waals surface area contributed by atoms with E-state index in [0.29, 0.717) is 22.1 Å². The van der Waals surface area contributed by atoms with Gasteiger partial charge in [0, 0.05) is 23.7 Å². The van der Waals surface area contributed by atoms with Crippen LogP contribution in [0.3, 0.4) is 0 Å². The third kappa shape index (κ3) is 6.17. The van der Waals surface area contributed by atoms with Crippen molar-refractivity contribution in [3.63, 3.8) is 0 Å². The maximum absolute atomic E-state index is 12.6. The van der Waals surface area contributed by atoms with Crippen LogP contribution in [0.25, 0.3) is 0 Å². The quantitative estimate of drug-likeness (QED) is 0.385. The molecule has 1 fully saturated rings. The van der Waals surface area contributed by atoms with E-state index >= 15 is 0 Å². The number of hydrogen-bond donors (Lipinski definition) is 1. The van der Waals surface area contributed by atoms with Gasteiger partial charge in [0.2, 0.25) is 5.91 Å². The molecule has 0 spiro atoms. The van der Waals surface area contributed by atoms with Gasteiger partial charge in [-0.05, 0) is 79.6 Å². The highest BCUT2D eigenvalue weighted by atomic mass is 35.5. The molecule has 3 aromatic rings. The van der Waals surface area contributed by atoms with Crippen molar-refractivity contribution in [3.8, 4) is 11.5 Å². The summed E-state index contributed by atoms with van der Waals surface area (Å²) in [5, 5.41) is 3.26. The fourth-order valence-electron chi connectivity index (χ4n) is 3.75. The molecule has 7 nitrogen and oxygen atoms in total. The Morgan fingerprint density at radius 3 is 2.39 bits per heavy atom. The van der Waals surface area contributed by atoms with E-state index in [1.54, 1.807) is 36.4 Å². The minimum Gasteiger partial charge on any atom is -0.457 e. The van der Waals surface area contributed by atoms with Gasteiger partial charge in [0.05, 0.1) is 16.6 Å². The summed E-state index contributed by atoms with van der Waals surface area (Å²) in [7, 11) is 0. The first-order valence-corrected chi connectivity index (χ1v) is 12.0. The molecule has 1 aliphatic heterocycles. The van der Waals surface area contributed by atoms with E-state index in [-0.39, 0.29) is 23.9 Å². The average Bonchev–Trinajstić information content (AvgIpc) is 3.24. The number of nitrogens with zero attached hydrogens (tertiary/aromatic N) is 1. The van der Waals surface area contributed by atoms with Gasteiger partial charge in [0.1, 0.15) is 11.5 Å². The monoisotopic (exact) mass is 526 g/mol. The number of benzene rings is 3. The molecule has 1 saturated heterocycles. The number of halogens is 2. The summed E-state index contributed by atoms with van der Waals surface area (Å²) in [6.45, 7) is 3.73. The number of anilines is 2. The number of aryl methyl sites for hydroxylation is 2. The van der Waals surface area contributed by atoms with Crippen molar-refractivity contribution in [1.29, 1.82) is 0 Å². The number of ether oxygens (including phenoxy) is 2. The maximum Gasteiger partial charge on any atom is 0.311 e. The minimum absolute atomic E-state index is 0.00432. The van der Waals surface area contributed by atoms with Gasteiger partial charge in [-0.15, -0.1) is 0 Å². The largest absolute Gasteiger partial charge is 0.457 e. The standard InChI is InChI=1S/C27H24Cl2N2O5/c1-16-3-7-22(11-17(16)2)36-21-8-5-20(6-9-21)31-14-18(12-26(31)33)27(34)35-15-25(32)30-24-10-4-19(28)13-23(24)29/h3-11,13,18H,12,14-15H2,1-2H3,(H,30,32)/t18-/m1/s1. The first-order valence-electron chi connectivity index (χ1n) is 11.3. The maximum atomic E-state index is 12.6. The Bertz CT molecular complexity index is 1310. The molecule has 2 amide bonds. The molecule has 36 heavy (non-hydrogen) atoms. The van der Waals surface area contributed by atoms with Crippen LogP contribution in [0.15, 0.2) is 60.7 Å². The second-order valence-electron chi connectivity index (χ2n) is 8.53. The van der Waals surface area contributed by atoms with Crippen LogP contribution in [-0.2, 0) is 19.1 Å². The third-order valence-electron chi connectivity index (χ3n) is 5.87. The second kappa shape index (κ2) is 11.0. The Hall–Kier alpha value is -3.55. The lowest BCUT2D eigenvalue weighted by Gasteiger charge is -2.17. The summed E-state index contributed by atoms with van der Waals surface area (Å²) < 4.78 is 11.0. The van der Waals surface area contributed by atoms with Crippen LogP contribution in [0, 0.1) is 19.8 Å². The van der Waals surface area contributed by atoms with Crippen molar-refractivity contribution in [3.05, 3.63) is 81.8 Å². The van der Waals surface area contributed by atoms with Gasteiger partial charge in [0.15, 0.2) is 6.61 Å². The van der Waals surface area contributed by atoms with Crippen molar-refractivity contribution in [2.45, 2.75) is 20.3 Å². The van der Waals surface area contributed by atoms with Crippen LogP contribution < -0.4 is 15.0 Å². The van der Waals surface area contributed by atoms with Gasteiger partial charge >= 0.3 is 5.97 Å². The fraction of sp³-hybridized carbons (Fsp3) is 0.222. The molecule has 4 rings (SSSR count). The molecule has 0 aliphatic carbocycles. The second-order valence-corrected chi connectivity index (χ2v) is 9.37. The lowest BCUT2D eigenvalue weighted by atomic mass is 10.1. The van der Waals surface area contributed by atoms with Crippen LogP contribution in [0.5, 0.6) is 11.5 Å². The van der Waals surface area contributed by atoms with E-state index in [0.717, 1.165) is 11.3 Å². The Balaban J connectivity index is 1.30. The van der Waals surface area contributed by atoms with Crippen LogP contribution in [0.1, 0.15) is 17.5 Å². The molecule has 1 N–H and O–H groups in total. The summed E-state index contributed by atoms with van der Waals surface area (Å²) in [6, 6.07) is 17.6. The zero-order chi connectivity index (χ0) is 25.8. The number of rotatable bonds is 7. The Kier molecular flexibility index (Phi) is 7.82. The first kappa shape index (κ1) is 25.5. The highest BCUT2D eigenvalue weighted by Gasteiger charge is 2.36. The molecule has 1 aliphatic rings. The molecular formula is C27H24Cl2N2O5. The summed E-state index contributed by atoms with van der Waals surface area (Å²) >= 11 is 11.9. The SMILES string of the molecule is Cc1ccc(Oc2ccc(N3C[C@H](C(=O)OCC(=O)Nc4ccc(Cl)cc4Cl)CC3=O)cc2)cc1C. The number of nitrogens with one attached hydrogen (secondary N) is 1. The Morgan fingerprint density at radius 2 is 1.69 bits per heavy atom. The molecule has 0 bridgehead atoms. The molecule has 0 aromatic heterocycles. The smallest absolute Gasteiger partial charge is 0.311 e. The molecule has 0 saturated carbocycles. The van der Waals surface area contributed by atoms with E-state index in [1.807, 2.05) is 32.0 Å². The van der Waals surface area contributed by atoms with E-state index in [4.69, 9.17) is 32.7 Å². The van der Waals surface area contributed by atoms with Crippen molar-refractivity contribution in [2.75, 3.05) is 23.4 Å². The zero-order valence-corrected chi connectivity index (χ0v) is 21.2. The van der Waals surface area contributed by atoms with Crippen LogP contribution in [0.4, 0.5) is 11.4 Å². The van der Waals surface area contributed by atoms with E-state index in [2.05, 4.69) is 5.32 Å². The van der Waals surface area contributed by atoms with Crippen molar-refractivity contribution < 1.29 is 23.9 Å². The van der Waals surface area contributed by atoms with E-state index < -0.39 is 24.4 Å². The highest BCUT2D eigenvalue weighted by Crippen LogP contribution is 2.30. The fourth-order valence-corrected chi connectivity index (χ4v) is 4.21. The zero-order valence-electron chi connectivity index (χ0n) is 19.7. The molecule has 1 heterocycles. The lowest BCUT2D eigenvalue weighted by Crippen LogP contribution is -2.28. The summed E-state index contributed by atoms with van der Waals surface area (Å²) in [5.41, 5.74) is 3.33. The third-order valence-corrected chi connectivity index (χ3v) is 6.42.